The summed E-state index contributed by atoms with van der Waals surface area (Å²) in [7, 11) is 0. The van der Waals surface area contributed by atoms with Gasteiger partial charge in [-0.2, -0.15) is 0 Å². The van der Waals surface area contributed by atoms with Crippen molar-refractivity contribution in [3.63, 3.8) is 0 Å². The van der Waals surface area contributed by atoms with Crippen LogP contribution in [0.1, 0.15) is 239 Å². The van der Waals surface area contributed by atoms with Gasteiger partial charge in [0.2, 0.25) is 0 Å². The minimum absolute atomic E-state index is 0.0729. The molecular weight excluding hydrogens is 717 g/mol. The van der Waals surface area contributed by atoms with Crippen LogP contribution < -0.4 is 0 Å². The van der Waals surface area contributed by atoms with Crippen LogP contribution in [0.3, 0.4) is 0 Å². The highest BCUT2D eigenvalue weighted by atomic mass is 16.6. The molecule has 0 saturated heterocycles. The quantitative estimate of drug-likeness (QED) is 0.0348. The third kappa shape index (κ3) is 46.3. The molecule has 336 valence electrons. The Hall–Kier alpha value is -2.40. The Morgan fingerprint density at radius 1 is 0.397 bits per heavy atom. The Bertz CT molecular complexity index is 1010. The number of ether oxygens (including phenoxy) is 3. The first-order chi connectivity index (χ1) is 28.6. The van der Waals surface area contributed by atoms with Gasteiger partial charge in [-0.3, -0.25) is 9.59 Å². The first-order valence-corrected chi connectivity index (χ1v) is 24.8. The van der Waals surface area contributed by atoms with Gasteiger partial charge in [0, 0.05) is 19.4 Å². The van der Waals surface area contributed by atoms with E-state index in [0.717, 1.165) is 77.0 Å². The van der Waals surface area contributed by atoms with Crippen molar-refractivity contribution in [3.8, 4) is 0 Å². The molecule has 0 aliphatic carbocycles. The normalized spacial score (nSPS) is 12.7. The van der Waals surface area contributed by atoms with Crippen molar-refractivity contribution >= 4 is 11.9 Å². The van der Waals surface area contributed by atoms with Crippen LogP contribution in [0.25, 0.3) is 0 Å². The fourth-order valence-corrected chi connectivity index (χ4v) is 6.85. The van der Waals surface area contributed by atoms with Gasteiger partial charge in [-0.05, 0) is 83.5 Å². The number of esters is 2. The Kier molecular flexibility index (Phi) is 46.9. The number of rotatable bonds is 45. The van der Waals surface area contributed by atoms with E-state index in [1.165, 1.54) is 128 Å². The lowest BCUT2D eigenvalue weighted by atomic mass is 10.1. The van der Waals surface area contributed by atoms with Gasteiger partial charge in [-0.15, -0.1) is 0 Å². The fourth-order valence-electron chi connectivity index (χ4n) is 6.85. The molecule has 5 nitrogen and oxygen atoms in total. The third-order valence-corrected chi connectivity index (χ3v) is 10.5. The SMILES string of the molecule is CC/C=C\C/C=C\C/C=C\CCCCCCCC(=O)OCC(COCCCCCCCC/C=C\C/C=C\CCCCC)OC(=O)CCCCCCCCCCCCC. The van der Waals surface area contributed by atoms with E-state index in [4.69, 9.17) is 14.2 Å². The first kappa shape index (κ1) is 55.6. The van der Waals surface area contributed by atoms with Gasteiger partial charge < -0.3 is 14.2 Å². The summed E-state index contributed by atoms with van der Waals surface area (Å²) in [6, 6.07) is 0. The van der Waals surface area contributed by atoms with Gasteiger partial charge in [-0.1, -0.05) is 204 Å². The molecule has 0 aliphatic rings. The Labute approximate surface area is 360 Å². The van der Waals surface area contributed by atoms with Crippen molar-refractivity contribution in [1.29, 1.82) is 0 Å². The highest BCUT2D eigenvalue weighted by Crippen LogP contribution is 2.14. The maximum absolute atomic E-state index is 12.7. The third-order valence-electron chi connectivity index (χ3n) is 10.5. The second-order valence-electron chi connectivity index (χ2n) is 16.3. The lowest BCUT2D eigenvalue weighted by molar-refractivity contribution is -0.163. The molecule has 1 atom stereocenters. The van der Waals surface area contributed by atoms with E-state index in [1.807, 2.05) is 0 Å². The topological polar surface area (TPSA) is 61.8 Å². The average molecular weight is 811 g/mol. The minimum Gasteiger partial charge on any atom is -0.462 e. The van der Waals surface area contributed by atoms with E-state index < -0.39 is 6.10 Å². The van der Waals surface area contributed by atoms with E-state index in [1.54, 1.807) is 0 Å². The number of hydrogen-bond donors (Lipinski definition) is 0. The molecule has 0 aromatic rings. The smallest absolute Gasteiger partial charge is 0.306 e. The van der Waals surface area contributed by atoms with Gasteiger partial charge in [0.15, 0.2) is 6.10 Å². The van der Waals surface area contributed by atoms with Crippen LogP contribution in [0.2, 0.25) is 0 Å². The summed E-state index contributed by atoms with van der Waals surface area (Å²) in [6.07, 6.45) is 60.8. The summed E-state index contributed by atoms with van der Waals surface area (Å²) in [6.45, 7) is 7.66. The van der Waals surface area contributed by atoms with E-state index in [-0.39, 0.29) is 25.2 Å². The van der Waals surface area contributed by atoms with Crippen LogP contribution in [0.5, 0.6) is 0 Å². The van der Waals surface area contributed by atoms with Crippen molar-refractivity contribution in [1.82, 2.24) is 0 Å². The molecule has 0 amide bonds. The first-order valence-electron chi connectivity index (χ1n) is 24.8. The molecule has 1 unspecified atom stereocenters. The van der Waals surface area contributed by atoms with Crippen molar-refractivity contribution in [3.05, 3.63) is 60.8 Å². The maximum atomic E-state index is 12.7. The average Bonchev–Trinajstić information content (AvgIpc) is 3.22. The molecule has 0 spiro atoms. The molecule has 0 heterocycles. The van der Waals surface area contributed by atoms with Crippen LogP contribution in [0.4, 0.5) is 0 Å². The summed E-state index contributed by atoms with van der Waals surface area (Å²) in [5.74, 6) is -0.418. The van der Waals surface area contributed by atoms with Gasteiger partial charge in [0.1, 0.15) is 6.61 Å². The number of unbranched alkanes of at least 4 members (excludes halogenated alkanes) is 24. The second kappa shape index (κ2) is 49.0. The minimum atomic E-state index is -0.546. The molecule has 0 bridgehead atoms. The van der Waals surface area contributed by atoms with Crippen molar-refractivity contribution in [2.75, 3.05) is 19.8 Å². The Morgan fingerprint density at radius 3 is 1.28 bits per heavy atom. The van der Waals surface area contributed by atoms with Crippen molar-refractivity contribution in [2.24, 2.45) is 0 Å². The molecule has 0 aromatic carbocycles. The molecule has 58 heavy (non-hydrogen) atoms. The number of carbonyl (C=O) groups is 2. The highest BCUT2D eigenvalue weighted by Gasteiger charge is 2.17. The summed E-state index contributed by atoms with van der Waals surface area (Å²) in [4.78, 5) is 25.3. The summed E-state index contributed by atoms with van der Waals surface area (Å²) in [5.41, 5.74) is 0. The standard InChI is InChI=1S/C53H94O5/c1-4-7-10-13-16-19-22-24-26-28-30-33-36-39-42-45-48-56-49-51(58-53(55)47-44-41-38-35-31-21-18-15-12-9-6-3)50-57-52(54)46-43-40-37-34-32-29-27-25-23-20-17-14-11-8-5-2/h8,11,16-17,19-20,24-27,51H,4-7,9-10,12-15,18,21-23,28-50H2,1-3H3/b11-8-,19-16-,20-17-,26-24-,27-25-. The molecule has 0 aromatic heterocycles. The van der Waals surface area contributed by atoms with E-state index in [9.17, 15) is 9.59 Å². The summed E-state index contributed by atoms with van der Waals surface area (Å²) >= 11 is 0. The summed E-state index contributed by atoms with van der Waals surface area (Å²) in [5, 5.41) is 0. The van der Waals surface area contributed by atoms with Crippen LogP contribution in [-0.4, -0.2) is 37.9 Å². The van der Waals surface area contributed by atoms with Crippen molar-refractivity contribution in [2.45, 2.75) is 245 Å². The molecule has 5 heteroatoms. The van der Waals surface area contributed by atoms with Crippen molar-refractivity contribution < 1.29 is 23.8 Å². The molecule has 0 fully saturated rings. The lowest BCUT2D eigenvalue weighted by Gasteiger charge is -2.18. The molecule has 0 rings (SSSR count). The van der Waals surface area contributed by atoms with Gasteiger partial charge >= 0.3 is 11.9 Å². The van der Waals surface area contributed by atoms with Crippen LogP contribution >= 0.6 is 0 Å². The van der Waals surface area contributed by atoms with E-state index >= 15 is 0 Å². The second-order valence-corrected chi connectivity index (χ2v) is 16.3. The fraction of sp³-hybridized carbons (Fsp3) is 0.774. The Morgan fingerprint density at radius 2 is 0.776 bits per heavy atom. The predicted molar refractivity (Wildman–Crippen MR) is 251 cm³/mol. The van der Waals surface area contributed by atoms with Crippen LogP contribution in [0.15, 0.2) is 60.8 Å². The number of hydrogen-bond acceptors (Lipinski definition) is 5. The molecule has 0 N–H and O–H groups in total. The van der Waals surface area contributed by atoms with E-state index in [0.29, 0.717) is 19.4 Å². The zero-order chi connectivity index (χ0) is 42.1. The zero-order valence-electron chi connectivity index (χ0n) is 38.6. The lowest BCUT2D eigenvalue weighted by Crippen LogP contribution is -2.30. The molecule has 0 saturated carbocycles. The van der Waals surface area contributed by atoms with Gasteiger partial charge in [-0.25, -0.2) is 0 Å². The monoisotopic (exact) mass is 811 g/mol. The molecular formula is C53H94O5. The maximum Gasteiger partial charge on any atom is 0.306 e. The van der Waals surface area contributed by atoms with Crippen LogP contribution in [0, 0.1) is 0 Å². The Balaban J connectivity index is 4.28. The highest BCUT2D eigenvalue weighted by molar-refractivity contribution is 5.70. The van der Waals surface area contributed by atoms with E-state index in [2.05, 4.69) is 81.5 Å². The van der Waals surface area contributed by atoms with Crippen LogP contribution in [-0.2, 0) is 23.8 Å². The summed E-state index contributed by atoms with van der Waals surface area (Å²) < 4.78 is 17.4. The number of carbonyl (C=O) groups excluding carboxylic acids is 2. The zero-order valence-corrected chi connectivity index (χ0v) is 38.6. The molecule has 0 radical (unpaired) electrons. The van der Waals surface area contributed by atoms with Gasteiger partial charge in [0.25, 0.3) is 0 Å². The predicted octanol–water partition coefficient (Wildman–Crippen LogP) is 16.6. The van der Waals surface area contributed by atoms with Gasteiger partial charge in [0.05, 0.1) is 6.61 Å². The largest absolute Gasteiger partial charge is 0.462 e. The number of allylic oxidation sites excluding steroid dienone is 10. The molecule has 0 aliphatic heterocycles.